The predicted molar refractivity (Wildman–Crippen MR) is 93.4 cm³/mol. The molecule has 3 heterocycles. The molecular formula is C19H24N4O2. The van der Waals surface area contributed by atoms with E-state index in [1.165, 1.54) is 0 Å². The number of nitrogens with zero attached hydrogens (tertiary/aromatic N) is 4. The van der Waals surface area contributed by atoms with E-state index in [1.807, 2.05) is 17.2 Å². The summed E-state index contributed by atoms with van der Waals surface area (Å²) in [6.07, 6.45) is 12.7. The van der Waals surface area contributed by atoms with Crippen molar-refractivity contribution < 1.29 is 9.90 Å². The number of carbonyl (C=O) groups is 1. The topological polar surface area (TPSA) is 71.2 Å². The first-order chi connectivity index (χ1) is 12.2. The van der Waals surface area contributed by atoms with Crippen molar-refractivity contribution in [3.05, 3.63) is 42.6 Å². The van der Waals surface area contributed by atoms with Crippen molar-refractivity contribution in [1.82, 2.24) is 19.4 Å². The van der Waals surface area contributed by atoms with E-state index in [0.717, 1.165) is 45.1 Å². The molecule has 3 atom stereocenters. The second-order valence-corrected chi connectivity index (χ2v) is 7.10. The average Bonchev–Trinajstić information content (AvgIpc) is 3.33. The first-order valence-corrected chi connectivity index (χ1v) is 9.17. The molecule has 132 valence electrons. The fourth-order valence-electron chi connectivity index (χ4n) is 4.33. The molecular weight excluding hydrogens is 316 g/mol. The number of rotatable bonds is 3. The highest BCUT2D eigenvalue weighted by molar-refractivity contribution is 5.95. The molecule has 0 aromatic carbocycles. The van der Waals surface area contributed by atoms with Gasteiger partial charge in [0.25, 0.3) is 5.91 Å². The van der Waals surface area contributed by atoms with Crippen molar-refractivity contribution in [3.8, 4) is 5.82 Å². The van der Waals surface area contributed by atoms with Crippen LogP contribution in [0.5, 0.6) is 0 Å². The summed E-state index contributed by atoms with van der Waals surface area (Å²) in [6, 6.07) is 3.75. The highest BCUT2D eigenvalue weighted by atomic mass is 16.3. The molecule has 25 heavy (non-hydrogen) atoms. The highest BCUT2D eigenvalue weighted by Gasteiger charge is 2.39. The van der Waals surface area contributed by atoms with Crippen LogP contribution in [-0.4, -0.2) is 49.1 Å². The monoisotopic (exact) mass is 340 g/mol. The molecule has 2 fully saturated rings. The van der Waals surface area contributed by atoms with Crippen molar-refractivity contribution in [2.45, 2.75) is 50.7 Å². The van der Waals surface area contributed by atoms with Gasteiger partial charge in [-0.1, -0.05) is 12.8 Å². The summed E-state index contributed by atoms with van der Waals surface area (Å²) < 4.78 is 1.79. The third-order valence-electron chi connectivity index (χ3n) is 5.60. The van der Waals surface area contributed by atoms with Gasteiger partial charge in [-0.2, -0.15) is 0 Å². The van der Waals surface area contributed by atoms with Gasteiger partial charge >= 0.3 is 0 Å². The predicted octanol–water partition coefficient (Wildman–Crippen LogP) is 2.42. The number of imidazole rings is 1. The van der Waals surface area contributed by atoms with Crippen LogP contribution in [0.3, 0.4) is 0 Å². The Kier molecular flexibility index (Phi) is 4.53. The van der Waals surface area contributed by atoms with Crippen LogP contribution in [0, 0.1) is 5.92 Å². The summed E-state index contributed by atoms with van der Waals surface area (Å²) in [4.78, 5) is 23.5. The zero-order chi connectivity index (χ0) is 17.2. The lowest BCUT2D eigenvalue weighted by molar-refractivity contribution is 0.0211. The van der Waals surface area contributed by atoms with E-state index in [1.54, 1.807) is 29.4 Å². The minimum Gasteiger partial charge on any atom is -0.393 e. The van der Waals surface area contributed by atoms with E-state index in [-0.39, 0.29) is 24.0 Å². The normalized spacial score (nSPS) is 26.8. The molecule has 0 spiro atoms. The Labute approximate surface area is 147 Å². The molecule has 2 aromatic rings. The van der Waals surface area contributed by atoms with E-state index >= 15 is 0 Å². The summed E-state index contributed by atoms with van der Waals surface area (Å²) in [5, 5.41) is 10.4. The van der Waals surface area contributed by atoms with Gasteiger partial charge < -0.3 is 10.0 Å². The smallest absolute Gasteiger partial charge is 0.254 e. The molecule has 1 saturated carbocycles. The Morgan fingerprint density at radius 3 is 2.84 bits per heavy atom. The number of amides is 1. The van der Waals surface area contributed by atoms with Gasteiger partial charge in [0, 0.05) is 42.7 Å². The zero-order valence-corrected chi connectivity index (χ0v) is 14.3. The number of carbonyl (C=O) groups excluding carboxylic acids is 1. The number of likely N-dealkylation sites (tertiary alicyclic amines) is 1. The molecule has 1 N–H and O–H groups in total. The van der Waals surface area contributed by atoms with Crippen LogP contribution >= 0.6 is 0 Å². The third kappa shape index (κ3) is 3.18. The van der Waals surface area contributed by atoms with Gasteiger partial charge in [-0.3, -0.25) is 9.36 Å². The van der Waals surface area contributed by atoms with Crippen LogP contribution in [0.1, 0.15) is 48.9 Å². The van der Waals surface area contributed by atoms with Crippen molar-refractivity contribution >= 4 is 5.91 Å². The number of aliphatic hydroxyl groups is 1. The average molecular weight is 340 g/mol. The van der Waals surface area contributed by atoms with E-state index in [2.05, 4.69) is 9.97 Å². The molecule has 6 heteroatoms. The van der Waals surface area contributed by atoms with Gasteiger partial charge in [-0.25, -0.2) is 9.97 Å². The van der Waals surface area contributed by atoms with E-state index in [0.29, 0.717) is 11.4 Å². The molecule has 4 rings (SSSR count). The minimum atomic E-state index is -0.272. The van der Waals surface area contributed by atoms with Gasteiger partial charge in [0.15, 0.2) is 0 Å². The number of hydrogen-bond acceptors (Lipinski definition) is 4. The zero-order valence-electron chi connectivity index (χ0n) is 14.3. The molecule has 6 nitrogen and oxygen atoms in total. The van der Waals surface area contributed by atoms with Gasteiger partial charge in [-0.05, 0) is 37.8 Å². The summed E-state index contributed by atoms with van der Waals surface area (Å²) in [7, 11) is 0. The van der Waals surface area contributed by atoms with Crippen LogP contribution in [0.4, 0.5) is 0 Å². The fourth-order valence-corrected chi connectivity index (χ4v) is 4.33. The third-order valence-corrected chi connectivity index (χ3v) is 5.60. The maximum atomic E-state index is 13.1. The second kappa shape index (κ2) is 6.96. The van der Waals surface area contributed by atoms with Crippen molar-refractivity contribution in [2.24, 2.45) is 5.92 Å². The summed E-state index contributed by atoms with van der Waals surface area (Å²) in [5.74, 6) is 0.955. The van der Waals surface area contributed by atoms with E-state index in [4.69, 9.17) is 0 Å². The molecule has 2 aliphatic rings. The maximum Gasteiger partial charge on any atom is 0.254 e. The lowest BCUT2D eigenvalue weighted by atomic mass is 9.80. The van der Waals surface area contributed by atoms with Gasteiger partial charge in [0.1, 0.15) is 12.1 Å². The van der Waals surface area contributed by atoms with Crippen LogP contribution < -0.4 is 0 Å². The fraction of sp³-hybridized carbons (Fsp3) is 0.526. The van der Waals surface area contributed by atoms with Crippen molar-refractivity contribution in [2.75, 3.05) is 6.54 Å². The standard InChI is InChI=1S/C19H24N4O2/c24-17-6-2-1-4-15(17)16-5-3-10-23(16)19(25)14-7-8-21-18(12-14)22-11-9-20-13-22/h7-9,11-13,15-17,24H,1-6,10H2/t15-,16-,17+/m1/s1. The van der Waals surface area contributed by atoms with E-state index < -0.39 is 0 Å². The van der Waals surface area contributed by atoms with Crippen LogP contribution in [0.2, 0.25) is 0 Å². The van der Waals surface area contributed by atoms with Crippen molar-refractivity contribution in [1.29, 1.82) is 0 Å². The van der Waals surface area contributed by atoms with Gasteiger partial charge in [0.2, 0.25) is 0 Å². The minimum absolute atomic E-state index is 0.0454. The van der Waals surface area contributed by atoms with Crippen LogP contribution in [-0.2, 0) is 0 Å². The van der Waals surface area contributed by atoms with Gasteiger partial charge in [0.05, 0.1) is 6.10 Å². The molecule has 0 bridgehead atoms. The van der Waals surface area contributed by atoms with Crippen molar-refractivity contribution in [3.63, 3.8) is 0 Å². The van der Waals surface area contributed by atoms with Crippen LogP contribution in [0.25, 0.3) is 5.82 Å². The van der Waals surface area contributed by atoms with Crippen LogP contribution in [0.15, 0.2) is 37.1 Å². The number of pyridine rings is 1. The maximum absolute atomic E-state index is 13.1. The molecule has 0 radical (unpaired) electrons. The largest absolute Gasteiger partial charge is 0.393 e. The molecule has 1 aliphatic carbocycles. The summed E-state index contributed by atoms with van der Waals surface area (Å²) in [5.41, 5.74) is 0.649. The SMILES string of the molecule is O=C(c1ccnc(-n2ccnc2)c1)N1CCC[C@@H]1[C@H]1CCCC[C@@H]1O. The molecule has 1 aliphatic heterocycles. The Bertz CT molecular complexity index is 731. The molecule has 0 unspecified atom stereocenters. The summed E-state index contributed by atoms with van der Waals surface area (Å²) in [6.45, 7) is 0.773. The first kappa shape index (κ1) is 16.3. The molecule has 1 amide bonds. The quantitative estimate of drug-likeness (QED) is 0.931. The lowest BCUT2D eigenvalue weighted by Crippen LogP contribution is -2.45. The Morgan fingerprint density at radius 1 is 1.16 bits per heavy atom. The molecule has 2 aromatic heterocycles. The number of aromatic nitrogens is 3. The summed E-state index contributed by atoms with van der Waals surface area (Å²) >= 11 is 0. The second-order valence-electron chi connectivity index (χ2n) is 7.10. The molecule has 1 saturated heterocycles. The van der Waals surface area contributed by atoms with Gasteiger partial charge in [-0.15, -0.1) is 0 Å². The lowest BCUT2D eigenvalue weighted by Gasteiger charge is -2.37. The Balaban J connectivity index is 1.56. The highest BCUT2D eigenvalue weighted by Crippen LogP contribution is 2.35. The number of aliphatic hydroxyl groups excluding tert-OH is 1. The Morgan fingerprint density at radius 2 is 2.04 bits per heavy atom. The Hall–Kier alpha value is -2.21. The van der Waals surface area contributed by atoms with E-state index in [9.17, 15) is 9.90 Å². The first-order valence-electron chi connectivity index (χ1n) is 9.17. The number of hydrogen-bond donors (Lipinski definition) is 1.